The minimum absolute atomic E-state index is 0.0583. The van der Waals surface area contributed by atoms with Gasteiger partial charge in [-0.3, -0.25) is 0 Å². The SMILES string of the molecule is CNc1nc(C(OC)C(C)C)nc(C)c1C(C)C. The molecule has 0 fully saturated rings. The zero-order valence-electron chi connectivity index (χ0n) is 12.5. The molecule has 1 rings (SSSR count). The van der Waals surface area contributed by atoms with E-state index in [2.05, 4.69) is 43.0 Å². The summed E-state index contributed by atoms with van der Waals surface area (Å²) in [4.78, 5) is 9.24. The first kappa shape index (κ1) is 14.9. The molecule has 1 unspecified atom stereocenters. The van der Waals surface area contributed by atoms with Crippen LogP contribution in [0.3, 0.4) is 0 Å². The molecule has 4 nitrogen and oxygen atoms in total. The molecule has 1 atom stereocenters. The van der Waals surface area contributed by atoms with Crippen LogP contribution < -0.4 is 5.32 Å². The number of anilines is 1. The molecular formula is C14H25N3O. The second-order valence-electron chi connectivity index (χ2n) is 5.23. The molecule has 0 aliphatic carbocycles. The highest BCUT2D eigenvalue weighted by atomic mass is 16.5. The lowest BCUT2D eigenvalue weighted by Gasteiger charge is -2.21. The second-order valence-corrected chi connectivity index (χ2v) is 5.23. The molecule has 1 aromatic rings. The van der Waals surface area contributed by atoms with Crippen LogP contribution >= 0.6 is 0 Å². The summed E-state index contributed by atoms with van der Waals surface area (Å²) >= 11 is 0. The number of ether oxygens (including phenoxy) is 1. The molecule has 0 bridgehead atoms. The van der Waals surface area contributed by atoms with Gasteiger partial charge in [-0.05, 0) is 18.8 Å². The quantitative estimate of drug-likeness (QED) is 0.872. The molecule has 102 valence electrons. The van der Waals surface area contributed by atoms with E-state index >= 15 is 0 Å². The van der Waals surface area contributed by atoms with Gasteiger partial charge in [0.2, 0.25) is 0 Å². The van der Waals surface area contributed by atoms with Crippen LogP contribution in [0.15, 0.2) is 0 Å². The van der Waals surface area contributed by atoms with Gasteiger partial charge in [-0.25, -0.2) is 9.97 Å². The van der Waals surface area contributed by atoms with E-state index in [1.54, 1.807) is 7.11 Å². The van der Waals surface area contributed by atoms with Crippen molar-refractivity contribution in [3.63, 3.8) is 0 Å². The van der Waals surface area contributed by atoms with Crippen LogP contribution in [0, 0.1) is 12.8 Å². The van der Waals surface area contributed by atoms with Gasteiger partial charge in [-0.2, -0.15) is 0 Å². The van der Waals surface area contributed by atoms with Crippen LogP contribution in [0.25, 0.3) is 0 Å². The van der Waals surface area contributed by atoms with E-state index in [1.807, 2.05) is 14.0 Å². The fraction of sp³-hybridized carbons (Fsp3) is 0.714. The highest BCUT2D eigenvalue weighted by Crippen LogP contribution is 2.29. The van der Waals surface area contributed by atoms with Crippen molar-refractivity contribution in [2.45, 2.75) is 46.6 Å². The van der Waals surface area contributed by atoms with Gasteiger partial charge in [0.1, 0.15) is 11.9 Å². The average molecular weight is 251 g/mol. The normalized spacial score (nSPS) is 13.2. The van der Waals surface area contributed by atoms with E-state index in [-0.39, 0.29) is 6.10 Å². The Morgan fingerprint density at radius 2 is 1.72 bits per heavy atom. The van der Waals surface area contributed by atoms with Gasteiger partial charge in [0.25, 0.3) is 0 Å². The summed E-state index contributed by atoms with van der Waals surface area (Å²) in [6, 6.07) is 0. The molecule has 0 saturated heterocycles. The number of aryl methyl sites for hydroxylation is 1. The number of rotatable bonds is 5. The van der Waals surface area contributed by atoms with Crippen LogP contribution in [0.2, 0.25) is 0 Å². The predicted molar refractivity (Wildman–Crippen MR) is 75.0 cm³/mol. The van der Waals surface area contributed by atoms with Gasteiger partial charge in [0, 0.05) is 25.4 Å². The molecule has 18 heavy (non-hydrogen) atoms. The molecule has 0 amide bonds. The number of methoxy groups -OCH3 is 1. The van der Waals surface area contributed by atoms with Crippen LogP contribution in [0.4, 0.5) is 5.82 Å². The summed E-state index contributed by atoms with van der Waals surface area (Å²) in [6.45, 7) is 10.6. The molecule has 0 aromatic carbocycles. The minimum Gasteiger partial charge on any atom is -0.373 e. The fourth-order valence-electron chi connectivity index (χ4n) is 2.29. The Morgan fingerprint density at radius 3 is 2.11 bits per heavy atom. The predicted octanol–water partition coefficient (Wildman–Crippen LogP) is 3.29. The molecule has 1 heterocycles. The Balaban J connectivity index is 3.29. The first-order valence-electron chi connectivity index (χ1n) is 6.51. The Morgan fingerprint density at radius 1 is 1.11 bits per heavy atom. The zero-order valence-corrected chi connectivity index (χ0v) is 12.5. The molecule has 0 saturated carbocycles. The molecule has 0 aliphatic heterocycles. The highest BCUT2D eigenvalue weighted by molar-refractivity contribution is 5.48. The topological polar surface area (TPSA) is 47.0 Å². The number of aromatic nitrogens is 2. The fourth-order valence-corrected chi connectivity index (χ4v) is 2.29. The van der Waals surface area contributed by atoms with Crippen molar-refractivity contribution in [3.05, 3.63) is 17.1 Å². The highest BCUT2D eigenvalue weighted by Gasteiger charge is 2.21. The molecule has 0 radical (unpaired) electrons. The van der Waals surface area contributed by atoms with Gasteiger partial charge in [-0.15, -0.1) is 0 Å². The van der Waals surface area contributed by atoms with Crippen molar-refractivity contribution < 1.29 is 4.74 Å². The summed E-state index contributed by atoms with van der Waals surface area (Å²) in [7, 11) is 3.60. The van der Waals surface area contributed by atoms with Gasteiger partial charge in [0.05, 0.1) is 0 Å². The zero-order chi connectivity index (χ0) is 13.9. The lowest BCUT2D eigenvalue weighted by molar-refractivity contribution is 0.0574. The van der Waals surface area contributed by atoms with Gasteiger partial charge >= 0.3 is 0 Å². The number of nitrogens with one attached hydrogen (secondary N) is 1. The number of hydrogen-bond donors (Lipinski definition) is 1. The summed E-state index contributed by atoms with van der Waals surface area (Å²) < 4.78 is 5.50. The maximum Gasteiger partial charge on any atom is 0.159 e. The van der Waals surface area contributed by atoms with E-state index < -0.39 is 0 Å². The van der Waals surface area contributed by atoms with E-state index in [9.17, 15) is 0 Å². The monoisotopic (exact) mass is 251 g/mol. The minimum atomic E-state index is -0.0583. The Bertz CT molecular complexity index is 402. The summed E-state index contributed by atoms with van der Waals surface area (Å²) in [5.41, 5.74) is 2.21. The van der Waals surface area contributed by atoms with Crippen molar-refractivity contribution in [2.75, 3.05) is 19.5 Å². The largest absolute Gasteiger partial charge is 0.373 e. The molecular weight excluding hydrogens is 226 g/mol. The van der Waals surface area contributed by atoms with Crippen molar-refractivity contribution in [2.24, 2.45) is 5.92 Å². The van der Waals surface area contributed by atoms with E-state index in [0.717, 1.165) is 17.3 Å². The summed E-state index contributed by atoms with van der Waals surface area (Å²) in [6.07, 6.45) is -0.0583. The standard InChI is InChI=1S/C14H25N3O/c1-8(2)11-10(5)16-14(17-13(11)15-6)12(18-7)9(3)4/h8-9,12H,1-7H3,(H,15,16,17). The third-order valence-electron chi connectivity index (χ3n) is 3.08. The van der Waals surface area contributed by atoms with Crippen LogP contribution in [0.1, 0.15) is 56.8 Å². The molecule has 1 aromatic heterocycles. The Hall–Kier alpha value is -1.16. The van der Waals surface area contributed by atoms with Crippen molar-refractivity contribution in [1.82, 2.24) is 9.97 Å². The van der Waals surface area contributed by atoms with Gasteiger partial charge in [0.15, 0.2) is 5.82 Å². The van der Waals surface area contributed by atoms with Crippen LogP contribution in [-0.2, 0) is 4.74 Å². The third-order valence-corrected chi connectivity index (χ3v) is 3.08. The lowest BCUT2D eigenvalue weighted by atomic mass is 10.0. The second kappa shape index (κ2) is 6.14. The molecule has 1 N–H and O–H groups in total. The Labute approximate surface area is 110 Å². The lowest BCUT2D eigenvalue weighted by Crippen LogP contribution is -2.16. The van der Waals surface area contributed by atoms with Crippen LogP contribution in [0.5, 0.6) is 0 Å². The maximum absolute atomic E-state index is 5.50. The van der Waals surface area contributed by atoms with E-state index in [1.165, 1.54) is 5.56 Å². The average Bonchev–Trinajstić information content (AvgIpc) is 2.27. The Kier molecular flexibility index (Phi) is 5.08. The van der Waals surface area contributed by atoms with Crippen molar-refractivity contribution >= 4 is 5.82 Å². The maximum atomic E-state index is 5.50. The first-order chi connectivity index (χ1) is 8.42. The smallest absolute Gasteiger partial charge is 0.159 e. The van der Waals surface area contributed by atoms with E-state index in [4.69, 9.17) is 4.74 Å². The van der Waals surface area contributed by atoms with E-state index in [0.29, 0.717) is 11.8 Å². The van der Waals surface area contributed by atoms with Gasteiger partial charge in [-0.1, -0.05) is 27.7 Å². The number of nitrogens with zero attached hydrogens (tertiary/aromatic N) is 2. The first-order valence-corrected chi connectivity index (χ1v) is 6.51. The summed E-state index contributed by atoms with van der Waals surface area (Å²) in [5.74, 6) is 2.43. The van der Waals surface area contributed by atoms with Crippen molar-refractivity contribution in [3.8, 4) is 0 Å². The third kappa shape index (κ3) is 2.99. The molecule has 4 heteroatoms. The van der Waals surface area contributed by atoms with Crippen LogP contribution in [-0.4, -0.2) is 24.1 Å². The van der Waals surface area contributed by atoms with Gasteiger partial charge < -0.3 is 10.1 Å². The molecule has 0 aliphatic rings. The van der Waals surface area contributed by atoms with Crippen molar-refractivity contribution in [1.29, 1.82) is 0 Å². The summed E-state index contributed by atoms with van der Waals surface area (Å²) in [5, 5.41) is 3.17. The molecule has 0 spiro atoms. The number of hydrogen-bond acceptors (Lipinski definition) is 4.